The monoisotopic (exact) mass is 305 g/mol. The van der Waals surface area contributed by atoms with Crippen LogP contribution in [-0.4, -0.2) is 20.8 Å². The van der Waals surface area contributed by atoms with Crippen molar-refractivity contribution in [2.45, 2.75) is 52.7 Å². The van der Waals surface area contributed by atoms with E-state index in [9.17, 15) is 4.39 Å². The zero-order chi connectivity index (χ0) is 16.3. The van der Waals surface area contributed by atoms with E-state index in [0.29, 0.717) is 12.2 Å². The number of anilines is 2. The van der Waals surface area contributed by atoms with Gasteiger partial charge in [-0.15, -0.1) is 0 Å². The van der Waals surface area contributed by atoms with Gasteiger partial charge in [-0.3, -0.25) is 0 Å². The highest BCUT2D eigenvalue weighted by atomic mass is 19.1. The number of para-hydroxylation sites is 1. The fourth-order valence-corrected chi connectivity index (χ4v) is 2.25. The van der Waals surface area contributed by atoms with Gasteiger partial charge in [0.25, 0.3) is 0 Å². The molecule has 2 rings (SSSR count). The normalized spacial score (nSPS) is 11.8. The Kier molecular flexibility index (Phi) is 4.68. The second-order valence-electron chi connectivity index (χ2n) is 6.57. The lowest BCUT2D eigenvalue weighted by Gasteiger charge is -2.22. The molecule has 0 fully saturated rings. The van der Waals surface area contributed by atoms with Crippen molar-refractivity contribution in [2.75, 3.05) is 10.6 Å². The minimum atomic E-state index is -0.285. The summed E-state index contributed by atoms with van der Waals surface area (Å²) >= 11 is 0. The van der Waals surface area contributed by atoms with Gasteiger partial charge in [0, 0.05) is 6.04 Å². The summed E-state index contributed by atoms with van der Waals surface area (Å²) in [7, 11) is 0. The van der Waals surface area contributed by atoms with Crippen molar-refractivity contribution in [3.05, 3.63) is 36.2 Å². The summed E-state index contributed by atoms with van der Waals surface area (Å²) in [5.74, 6) is 0.485. The van der Waals surface area contributed by atoms with Crippen LogP contribution in [0.2, 0.25) is 0 Å². The quantitative estimate of drug-likeness (QED) is 0.886. The molecule has 1 aromatic carbocycles. The highest BCUT2D eigenvalue weighted by Crippen LogP contribution is 2.26. The standard InChI is InChI=1S/C16H24FN5/c1-11(2)21-13-8-6-7-12(17)15(13)18-9-14-19-10-20-22(14)16(3,4)5/h6-8,10-11,18,21H,9H2,1-5H3. The van der Waals surface area contributed by atoms with Gasteiger partial charge in [0.1, 0.15) is 18.0 Å². The molecule has 2 N–H and O–H groups in total. The molecule has 5 nitrogen and oxygen atoms in total. The Morgan fingerprint density at radius 3 is 2.64 bits per heavy atom. The molecule has 6 heteroatoms. The summed E-state index contributed by atoms with van der Waals surface area (Å²) in [5, 5.41) is 10.6. The molecule has 0 saturated heterocycles. The van der Waals surface area contributed by atoms with E-state index in [1.165, 1.54) is 12.4 Å². The Balaban J connectivity index is 2.20. The number of aromatic nitrogens is 3. The maximum atomic E-state index is 14.1. The molecule has 22 heavy (non-hydrogen) atoms. The number of halogens is 1. The SMILES string of the molecule is CC(C)Nc1cccc(F)c1NCc1ncnn1C(C)(C)C. The molecule has 0 radical (unpaired) electrons. The molecular formula is C16H24FN5. The molecule has 0 spiro atoms. The molecule has 0 unspecified atom stereocenters. The maximum Gasteiger partial charge on any atom is 0.148 e. The smallest absolute Gasteiger partial charge is 0.148 e. The van der Waals surface area contributed by atoms with Gasteiger partial charge in [0.15, 0.2) is 0 Å². The van der Waals surface area contributed by atoms with E-state index >= 15 is 0 Å². The zero-order valence-corrected chi connectivity index (χ0v) is 13.8. The topological polar surface area (TPSA) is 54.8 Å². The number of nitrogens with one attached hydrogen (secondary N) is 2. The first kappa shape index (κ1) is 16.3. The molecule has 0 amide bonds. The molecule has 120 valence electrons. The van der Waals surface area contributed by atoms with E-state index < -0.39 is 0 Å². The minimum absolute atomic E-state index is 0.165. The van der Waals surface area contributed by atoms with E-state index in [0.717, 1.165) is 11.5 Å². The van der Waals surface area contributed by atoms with Crippen molar-refractivity contribution in [2.24, 2.45) is 0 Å². The Hall–Kier alpha value is -2.11. The third-order valence-electron chi connectivity index (χ3n) is 3.13. The molecule has 2 aromatic rings. The number of hydrogen-bond donors (Lipinski definition) is 2. The summed E-state index contributed by atoms with van der Waals surface area (Å²) in [6.45, 7) is 10.6. The van der Waals surface area contributed by atoms with E-state index in [1.54, 1.807) is 6.07 Å². The summed E-state index contributed by atoms with van der Waals surface area (Å²) in [5.41, 5.74) is 1.04. The predicted molar refractivity (Wildman–Crippen MR) is 87.5 cm³/mol. The van der Waals surface area contributed by atoms with E-state index in [-0.39, 0.29) is 17.4 Å². The van der Waals surface area contributed by atoms with Crippen LogP contribution in [-0.2, 0) is 12.1 Å². The predicted octanol–water partition coefficient (Wildman–Crippen LogP) is 3.60. The highest BCUT2D eigenvalue weighted by molar-refractivity contribution is 5.69. The number of benzene rings is 1. The second-order valence-corrected chi connectivity index (χ2v) is 6.57. The molecule has 1 aromatic heterocycles. The zero-order valence-electron chi connectivity index (χ0n) is 13.8. The highest BCUT2D eigenvalue weighted by Gasteiger charge is 2.19. The van der Waals surface area contributed by atoms with Gasteiger partial charge in [-0.05, 0) is 46.8 Å². The first-order valence-corrected chi connectivity index (χ1v) is 7.47. The number of nitrogens with zero attached hydrogens (tertiary/aromatic N) is 3. The van der Waals surface area contributed by atoms with E-state index in [4.69, 9.17) is 0 Å². The molecule has 0 aliphatic heterocycles. The Labute approximate surface area is 131 Å². The first-order valence-electron chi connectivity index (χ1n) is 7.47. The largest absolute Gasteiger partial charge is 0.381 e. The molecule has 0 atom stereocenters. The van der Waals surface area contributed by atoms with Crippen LogP contribution in [0.5, 0.6) is 0 Å². The van der Waals surface area contributed by atoms with Crippen LogP contribution >= 0.6 is 0 Å². The van der Waals surface area contributed by atoms with Gasteiger partial charge in [0.2, 0.25) is 0 Å². The third-order valence-corrected chi connectivity index (χ3v) is 3.13. The van der Waals surface area contributed by atoms with Crippen molar-refractivity contribution >= 4 is 11.4 Å². The molecule has 1 heterocycles. The Morgan fingerprint density at radius 2 is 2.00 bits per heavy atom. The maximum absolute atomic E-state index is 14.1. The number of hydrogen-bond acceptors (Lipinski definition) is 4. The van der Waals surface area contributed by atoms with Crippen LogP contribution in [0.4, 0.5) is 15.8 Å². The fourth-order valence-electron chi connectivity index (χ4n) is 2.25. The minimum Gasteiger partial charge on any atom is -0.381 e. The van der Waals surface area contributed by atoms with Crippen molar-refractivity contribution in [3.63, 3.8) is 0 Å². The van der Waals surface area contributed by atoms with Gasteiger partial charge < -0.3 is 10.6 Å². The third kappa shape index (κ3) is 3.75. The van der Waals surface area contributed by atoms with Crippen LogP contribution in [0.15, 0.2) is 24.5 Å². The van der Waals surface area contributed by atoms with Gasteiger partial charge in [-0.2, -0.15) is 5.10 Å². The fraction of sp³-hybridized carbons (Fsp3) is 0.500. The van der Waals surface area contributed by atoms with Crippen molar-refractivity contribution < 1.29 is 4.39 Å². The Morgan fingerprint density at radius 1 is 1.27 bits per heavy atom. The van der Waals surface area contributed by atoms with Crippen LogP contribution < -0.4 is 10.6 Å². The lowest BCUT2D eigenvalue weighted by molar-refractivity contribution is 0.343. The Bertz CT molecular complexity index is 628. The van der Waals surface area contributed by atoms with Gasteiger partial charge in [0.05, 0.1) is 23.5 Å². The van der Waals surface area contributed by atoms with E-state index in [1.807, 2.05) is 24.6 Å². The second kappa shape index (κ2) is 6.34. The average Bonchev–Trinajstić information content (AvgIpc) is 2.85. The molecule has 0 bridgehead atoms. The molecule has 0 aliphatic carbocycles. The molecule has 0 saturated carbocycles. The summed E-state index contributed by atoms with van der Waals surface area (Å²) < 4.78 is 16.0. The lowest BCUT2D eigenvalue weighted by atomic mass is 10.1. The summed E-state index contributed by atoms with van der Waals surface area (Å²) in [6, 6.07) is 5.23. The number of rotatable bonds is 5. The van der Waals surface area contributed by atoms with Crippen LogP contribution in [0.1, 0.15) is 40.4 Å². The van der Waals surface area contributed by atoms with Gasteiger partial charge in [-0.1, -0.05) is 6.07 Å². The molecular weight excluding hydrogens is 281 g/mol. The van der Waals surface area contributed by atoms with Crippen molar-refractivity contribution in [1.82, 2.24) is 14.8 Å². The van der Waals surface area contributed by atoms with Crippen molar-refractivity contribution in [3.8, 4) is 0 Å². The average molecular weight is 305 g/mol. The summed E-state index contributed by atoms with van der Waals surface area (Å²) in [4.78, 5) is 4.26. The van der Waals surface area contributed by atoms with E-state index in [2.05, 4.69) is 41.5 Å². The van der Waals surface area contributed by atoms with Crippen LogP contribution in [0.3, 0.4) is 0 Å². The molecule has 0 aliphatic rings. The van der Waals surface area contributed by atoms with Crippen LogP contribution in [0, 0.1) is 5.82 Å². The van der Waals surface area contributed by atoms with Crippen molar-refractivity contribution in [1.29, 1.82) is 0 Å². The van der Waals surface area contributed by atoms with Gasteiger partial charge >= 0.3 is 0 Å². The summed E-state index contributed by atoms with van der Waals surface area (Å²) in [6.07, 6.45) is 1.52. The lowest BCUT2D eigenvalue weighted by Crippen LogP contribution is -2.26. The first-order chi connectivity index (χ1) is 10.3. The van der Waals surface area contributed by atoms with Gasteiger partial charge in [-0.25, -0.2) is 14.1 Å². The van der Waals surface area contributed by atoms with Crippen LogP contribution in [0.25, 0.3) is 0 Å².